The first kappa shape index (κ1) is 20.4. The second-order valence-corrected chi connectivity index (χ2v) is 7.12. The van der Waals surface area contributed by atoms with Crippen molar-refractivity contribution in [1.29, 1.82) is 0 Å². The zero-order chi connectivity index (χ0) is 22.0. The molecule has 7 nitrogen and oxygen atoms in total. The molecule has 0 bridgehead atoms. The van der Waals surface area contributed by atoms with Crippen molar-refractivity contribution in [2.75, 3.05) is 13.7 Å². The fourth-order valence-electron chi connectivity index (χ4n) is 3.46. The van der Waals surface area contributed by atoms with Gasteiger partial charge in [0.25, 0.3) is 11.5 Å². The Morgan fingerprint density at radius 1 is 1.13 bits per heavy atom. The van der Waals surface area contributed by atoms with E-state index in [-0.39, 0.29) is 17.2 Å². The fraction of sp³-hybridized carbons (Fsp3) is 0.208. The number of hydrogen-bond donors (Lipinski definition) is 0. The molecule has 0 saturated carbocycles. The maximum atomic E-state index is 13.5. The molecule has 0 aliphatic rings. The number of carbonyl (C=O) groups is 1. The summed E-state index contributed by atoms with van der Waals surface area (Å²) in [5.74, 6) is 1.10. The Hall–Kier alpha value is -3.87. The number of benzene rings is 2. The van der Waals surface area contributed by atoms with Crippen molar-refractivity contribution in [3.05, 3.63) is 88.9 Å². The van der Waals surface area contributed by atoms with Crippen molar-refractivity contribution in [1.82, 2.24) is 14.5 Å². The van der Waals surface area contributed by atoms with Crippen LogP contribution in [0, 0.1) is 0 Å². The van der Waals surface area contributed by atoms with E-state index in [9.17, 15) is 9.59 Å². The molecule has 7 heteroatoms. The summed E-state index contributed by atoms with van der Waals surface area (Å²) in [5.41, 5.74) is 1.03. The van der Waals surface area contributed by atoms with E-state index >= 15 is 0 Å². The molecule has 1 unspecified atom stereocenters. The summed E-state index contributed by atoms with van der Waals surface area (Å²) in [6.07, 6.45) is 1.45. The van der Waals surface area contributed by atoms with Gasteiger partial charge < -0.3 is 14.1 Å². The summed E-state index contributed by atoms with van der Waals surface area (Å²) in [4.78, 5) is 32.6. The molecule has 0 aliphatic carbocycles. The Morgan fingerprint density at radius 3 is 2.55 bits per heavy atom. The standard InChI is InChI=1S/C24H23N3O4/c1-4-30-18-13-11-17(12-14-18)27-22(25-20-9-6-5-8-19(20)23(27)28)16(2)26(3)24(29)21-10-7-15-31-21/h5-16H,4H2,1-3H3. The normalized spacial score (nSPS) is 12.0. The van der Waals surface area contributed by atoms with E-state index in [0.29, 0.717) is 34.8 Å². The quantitative estimate of drug-likeness (QED) is 0.470. The highest BCUT2D eigenvalue weighted by atomic mass is 16.5. The highest BCUT2D eigenvalue weighted by molar-refractivity contribution is 5.91. The molecule has 1 amide bonds. The van der Waals surface area contributed by atoms with Crippen molar-refractivity contribution < 1.29 is 13.9 Å². The Bertz CT molecular complexity index is 1260. The lowest BCUT2D eigenvalue weighted by molar-refractivity contribution is 0.0702. The minimum absolute atomic E-state index is 0.199. The zero-order valence-electron chi connectivity index (χ0n) is 17.6. The van der Waals surface area contributed by atoms with E-state index in [1.165, 1.54) is 11.2 Å². The Labute approximate surface area is 179 Å². The van der Waals surface area contributed by atoms with E-state index in [1.54, 1.807) is 35.9 Å². The van der Waals surface area contributed by atoms with E-state index in [4.69, 9.17) is 14.1 Å². The molecule has 158 valence electrons. The van der Waals surface area contributed by atoms with Gasteiger partial charge >= 0.3 is 0 Å². The van der Waals surface area contributed by atoms with Gasteiger partial charge in [-0.2, -0.15) is 0 Å². The number of ether oxygens (including phenoxy) is 1. The Morgan fingerprint density at radius 2 is 1.87 bits per heavy atom. The number of carbonyl (C=O) groups excluding carboxylic acids is 1. The van der Waals surface area contributed by atoms with Crippen molar-refractivity contribution in [3.63, 3.8) is 0 Å². The summed E-state index contributed by atoms with van der Waals surface area (Å²) in [5, 5.41) is 0.507. The SMILES string of the molecule is CCOc1ccc(-n2c(C(C)N(C)C(=O)c3ccco3)nc3ccccc3c2=O)cc1. The number of nitrogens with zero attached hydrogens (tertiary/aromatic N) is 3. The summed E-state index contributed by atoms with van der Waals surface area (Å²) < 4.78 is 12.3. The van der Waals surface area contributed by atoms with Gasteiger partial charge in [0.1, 0.15) is 11.6 Å². The van der Waals surface area contributed by atoms with Crippen molar-refractivity contribution in [2.45, 2.75) is 19.9 Å². The molecule has 2 aromatic carbocycles. The van der Waals surface area contributed by atoms with Crippen LogP contribution in [0.4, 0.5) is 0 Å². The smallest absolute Gasteiger partial charge is 0.289 e. The minimum atomic E-state index is -0.499. The van der Waals surface area contributed by atoms with Gasteiger partial charge in [-0.25, -0.2) is 4.98 Å². The molecule has 2 heterocycles. The van der Waals surface area contributed by atoms with Gasteiger partial charge in [-0.05, 0) is 62.4 Å². The molecule has 0 saturated heterocycles. The molecule has 0 radical (unpaired) electrons. The molecule has 0 spiro atoms. The molecule has 1 atom stereocenters. The van der Waals surface area contributed by atoms with Gasteiger partial charge in [0.05, 0.1) is 35.5 Å². The molecule has 4 aromatic rings. The van der Waals surface area contributed by atoms with E-state index in [1.807, 2.05) is 50.2 Å². The molecule has 0 N–H and O–H groups in total. The number of amides is 1. The molecule has 0 aliphatic heterocycles. The van der Waals surface area contributed by atoms with Gasteiger partial charge in [-0.1, -0.05) is 12.1 Å². The Kier molecular flexibility index (Phi) is 5.58. The lowest BCUT2D eigenvalue weighted by Crippen LogP contribution is -2.34. The number of aromatic nitrogens is 2. The highest BCUT2D eigenvalue weighted by Crippen LogP contribution is 2.24. The van der Waals surface area contributed by atoms with Crippen LogP contribution < -0.4 is 10.3 Å². The first-order valence-electron chi connectivity index (χ1n) is 10.1. The summed E-state index contributed by atoms with van der Waals surface area (Å²) >= 11 is 0. The summed E-state index contributed by atoms with van der Waals surface area (Å²) in [7, 11) is 1.67. The molecular weight excluding hydrogens is 394 g/mol. The Balaban J connectivity index is 1.86. The number of fused-ring (bicyclic) bond motifs is 1. The van der Waals surface area contributed by atoms with Crippen LogP contribution in [-0.2, 0) is 0 Å². The molecular formula is C24H23N3O4. The third-order valence-corrected chi connectivity index (χ3v) is 5.21. The first-order valence-corrected chi connectivity index (χ1v) is 10.1. The van der Waals surface area contributed by atoms with Crippen molar-refractivity contribution >= 4 is 16.8 Å². The van der Waals surface area contributed by atoms with Crippen LogP contribution in [0.5, 0.6) is 5.75 Å². The van der Waals surface area contributed by atoms with Crippen LogP contribution in [0.2, 0.25) is 0 Å². The first-order chi connectivity index (χ1) is 15.0. The van der Waals surface area contributed by atoms with E-state index in [0.717, 1.165) is 0 Å². The maximum absolute atomic E-state index is 13.5. The van der Waals surface area contributed by atoms with Crippen molar-refractivity contribution in [2.24, 2.45) is 0 Å². The minimum Gasteiger partial charge on any atom is -0.494 e. The fourth-order valence-corrected chi connectivity index (χ4v) is 3.46. The predicted molar refractivity (Wildman–Crippen MR) is 118 cm³/mol. The summed E-state index contributed by atoms with van der Waals surface area (Å²) in [6.45, 7) is 4.30. The lowest BCUT2D eigenvalue weighted by atomic mass is 10.2. The number of hydrogen-bond acceptors (Lipinski definition) is 5. The second kappa shape index (κ2) is 8.47. The third kappa shape index (κ3) is 3.82. The van der Waals surface area contributed by atoms with Crippen LogP contribution in [-0.4, -0.2) is 34.0 Å². The van der Waals surface area contributed by atoms with Crippen LogP contribution in [0.25, 0.3) is 16.6 Å². The monoisotopic (exact) mass is 417 g/mol. The second-order valence-electron chi connectivity index (χ2n) is 7.12. The molecule has 4 rings (SSSR count). The average molecular weight is 417 g/mol. The van der Waals surface area contributed by atoms with Crippen LogP contribution in [0.1, 0.15) is 36.3 Å². The van der Waals surface area contributed by atoms with E-state index in [2.05, 4.69) is 0 Å². The summed E-state index contributed by atoms with van der Waals surface area (Å²) in [6, 6.07) is 17.2. The largest absolute Gasteiger partial charge is 0.494 e. The van der Waals surface area contributed by atoms with Crippen LogP contribution in [0.3, 0.4) is 0 Å². The van der Waals surface area contributed by atoms with Gasteiger partial charge in [0.2, 0.25) is 0 Å². The number of para-hydroxylation sites is 1. The predicted octanol–water partition coefficient (Wildman–Crippen LogP) is 4.21. The topological polar surface area (TPSA) is 77.6 Å². The van der Waals surface area contributed by atoms with Crippen LogP contribution >= 0.6 is 0 Å². The van der Waals surface area contributed by atoms with E-state index < -0.39 is 6.04 Å². The van der Waals surface area contributed by atoms with Gasteiger partial charge in [-0.3, -0.25) is 14.2 Å². The third-order valence-electron chi connectivity index (χ3n) is 5.21. The lowest BCUT2D eigenvalue weighted by Gasteiger charge is -2.26. The molecule has 0 fully saturated rings. The van der Waals surface area contributed by atoms with Crippen molar-refractivity contribution in [3.8, 4) is 11.4 Å². The zero-order valence-corrected chi connectivity index (χ0v) is 17.6. The molecule has 31 heavy (non-hydrogen) atoms. The highest BCUT2D eigenvalue weighted by Gasteiger charge is 2.26. The average Bonchev–Trinajstić information content (AvgIpc) is 3.33. The van der Waals surface area contributed by atoms with Crippen LogP contribution in [0.15, 0.2) is 76.1 Å². The van der Waals surface area contributed by atoms with Gasteiger partial charge in [0.15, 0.2) is 5.76 Å². The molecule has 2 aromatic heterocycles. The number of furan rings is 1. The van der Waals surface area contributed by atoms with Gasteiger partial charge in [0, 0.05) is 7.05 Å². The van der Waals surface area contributed by atoms with Gasteiger partial charge in [-0.15, -0.1) is 0 Å². The number of rotatable bonds is 6. The maximum Gasteiger partial charge on any atom is 0.289 e.